The Kier molecular flexibility index (Phi) is 6.62. The molecule has 2 aromatic rings. The van der Waals surface area contributed by atoms with E-state index in [2.05, 4.69) is 26.0 Å². The molecule has 2 rings (SSSR count). The highest BCUT2D eigenvalue weighted by Gasteiger charge is 2.23. The molecule has 0 fully saturated rings. The van der Waals surface area contributed by atoms with Crippen LogP contribution in [0.3, 0.4) is 0 Å². The Bertz CT molecular complexity index is 856. The molecule has 5 nitrogen and oxygen atoms in total. The predicted molar refractivity (Wildman–Crippen MR) is 102 cm³/mol. The standard InChI is InChI=1S/C17H18BrClN2O3S/c1-11(13-4-3-5-14(18)10-13)20-17(22)12(2)21-25(23,24)16-8-6-15(19)7-9-16/h3-12,21H,1-2H3,(H,20,22)/t11?,12-/m0/s1. The molecule has 25 heavy (non-hydrogen) atoms. The molecular weight excluding hydrogens is 428 g/mol. The van der Waals surface area contributed by atoms with Crippen molar-refractivity contribution in [1.29, 1.82) is 0 Å². The minimum atomic E-state index is -3.81. The number of rotatable bonds is 6. The molecule has 8 heteroatoms. The Balaban J connectivity index is 2.03. The number of hydrogen-bond acceptors (Lipinski definition) is 3. The maximum absolute atomic E-state index is 12.3. The van der Waals surface area contributed by atoms with E-state index in [1.165, 1.54) is 31.2 Å². The summed E-state index contributed by atoms with van der Waals surface area (Å²) in [7, 11) is -3.81. The Labute approximate surface area is 161 Å². The fraction of sp³-hybridized carbons (Fsp3) is 0.235. The van der Waals surface area contributed by atoms with Gasteiger partial charge >= 0.3 is 0 Å². The number of amides is 1. The molecule has 0 saturated heterocycles. The molecule has 0 bridgehead atoms. The third-order valence-corrected chi connectivity index (χ3v) is 5.86. The van der Waals surface area contributed by atoms with Gasteiger partial charge in [-0.25, -0.2) is 8.42 Å². The molecule has 0 spiro atoms. The van der Waals surface area contributed by atoms with Crippen molar-refractivity contribution < 1.29 is 13.2 Å². The molecule has 2 aromatic carbocycles. The van der Waals surface area contributed by atoms with Crippen LogP contribution in [0.25, 0.3) is 0 Å². The van der Waals surface area contributed by atoms with Crippen molar-refractivity contribution in [3.05, 3.63) is 63.6 Å². The van der Waals surface area contributed by atoms with Gasteiger partial charge in [0.2, 0.25) is 15.9 Å². The van der Waals surface area contributed by atoms with Crippen LogP contribution in [0, 0.1) is 0 Å². The lowest BCUT2D eigenvalue weighted by atomic mass is 10.1. The number of nitrogens with one attached hydrogen (secondary N) is 2. The molecule has 0 aliphatic heterocycles. The van der Waals surface area contributed by atoms with E-state index < -0.39 is 22.0 Å². The number of carbonyl (C=O) groups excluding carboxylic acids is 1. The predicted octanol–water partition coefficient (Wildman–Crippen LogP) is 3.65. The molecule has 2 atom stereocenters. The second-order valence-electron chi connectivity index (χ2n) is 5.58. The lowest BCUT2D eigenvalue weighted by Crippen LogP contribution is -2.45. The third kappa shape index (κ3) is 5.54. The molecule has 0 saturated carbocycles. The van der Waals surface area contributed by atoms with Crippen LogP contribution in [0.15, 0.2) is 57.9 Å². The molecule has 0 aliphatic rings. The summed E-state index contributed by atoms with van der Waals surface area (Å²) in [5, 5.41) is 3.24. The van der Waals surface area contributed by atoms with Crippen LogP contribution >= 0.6 is 27.5 Å². The smallest absolute Gasteiger partial charge is 0.241 e. The molecule has 1 amide bonds. The van der Waals surface area contributed by atoms with Crippen LogP contribution in [0.2, 0.25) is 5.02 Å². The fourth-order valence-corrected chi connectivity index (χ4v) is 3.91. The van der Waals surface area contributed by atoms with Gasteiger partial charge in [0.15, 0.2) is 0 Å². The Morgan fingerprint density at radius 1 is 1.12 bits per heavy atom. The molecule has 134 valence electrons. The maximum atomic E-state index is 12.3. The van der Waals surface area contributed by atoms with E-state index in [1.54, 1.807) is 0 Å². The molecule has 0 radical (unpaired) electrons. The van der Waals surface area contributed by atoms with Crippen molar-refractivity contribution in [3.63, 3.8) is 0 Å². The van der Waals surface area contributed by atoms with Crippen LogP contribution < -0.4 is 10.0 Å². The van der Waals surface area contributed by atoms with Crippen LogP contribution in [0.4, 0.5) is 0 Å². The van der Waals surface area contributed by atoms with Gasteiger partial charge in [-0.3, -0.25) is 4.79 Å². The minimum absolute atomic E-state index is 0.0524. The second-order valence-corrected chi connectivity index (χ2v) is 8.65. The largest absolute Gasteiger partial charge is 0.348 e. The van der Waals surface area contributed by atoms with Crippen molar-refractivity contribution in [2.24, 2.45) is 0 Å². The second kappa shape index (κ2) is 8.31. The molecular formula is C17H18BrClN2O3S. The first-order valence-corrected chi connectivity index (χ1v) is 10.2. The van der Waals surface area contributed by atoms with E-state index in [0.717, 1.165) is 10.0 Å². The zero-order valence-electron chi connectivity index (χ0n) is 13.7. The summed E-state index contributed by atoms with van der Waals surface area (Å²) in [4.78, 5) is 12.4. The average Bonchev–Trinajstić information content (AvgIpc) is 2.54. The van der Waals surface area contributed by atoms with Crippen molar-refractivity contribution in [3.8, 4) is 0 Å². The van der Waals surface area contributed by atoms with Crippen LogP contribution in [0.1, 0.15) is 25.5 Å². The van der Waals surface area contributed by atoms with E-state index in [0.29, 0.717) is 5.02 Å². The normalized spacial score (nSPS) is 13.9. The number of carbonyl (C=O) groups is 1. The van der Waals surface area contributed by atoms with E-state index in [9.17, 15) is 13.2 Å². The topological polar surface area (TPSA) is 75.3 Å². The van der Waals surface area contributed by atoms with Gasteiger partial charge in [0.05, 0.1) is 17.0 Å². The summed E-state index contributed by atoms with van der Waals surface area (Å²) in [5.41, 5.74) is 0.912. The molecule has 0 aliphatic carbocycles. The van der Waals surface area contributed by atoms with Gasteiger partial charge in [-0.05, 0) is 55.8 Å². The van der Waals surface area contributed by atoms with Gasteiger partial charge in [0.25, 0.3) is 0 Å². The summed E-state index contributed by atoms with van der Waals surface area (Å²) < 4.78 is 27.9. The summed E-state index contributed by atoms with van der Waals surface area (Å²) in [6, 6.07) is 12.1. The van der Waals surface area contributed by atoms with Gasteiger partial charge in [0, 0.05) is 9.50 Å². The summed E-state index contributed by atoms with van der Waals surface area (Å²) >= 11 is 9.14. The molecule has 2 N–H and O–H groups in total. The number of halogens is 2. The third-order valence-electron chi connectivity index (χ3n) is 3.56. The zero-order valence-corrected chi connectivity index (χ0v) is 16.8. The van der Waals surface area contributed by atoms with Crippen molar-refractivity contribution in [1.82, 2.24) is 10.0 Å². The van der Waals surface area contributed by atoms with Crippen molar-refractivity contribution >= 4 is 43.5 Å². The first-order chi connectivity index (χ1) is 11.7. The SMILES string of the molecule is CC(NC(=O)[C@H](C)NS(=O)(=O)c1ccc(Cl)cc1)c1cccc(Br)c1. The van der Waals surface area contributed by atoms with Gasteiger partial charge in [-0.2, -0.15) is 4.72 Å². The number of sulfonamides is 1. The van der Waals surface area contributed by atoms with E-state index in [-0.39, 0.29) is 10.9 Å². The quantitative estimate of drug-likeness (QED) is 0.713. The Hall–Kier alpha value is -1.41. The highest BCUT2D eigenvalue weighted by atomic mass is 79.9. The van der Waals surface area contributed by atoms with Crippen molar-refractivity contribution in [2.45, 2.75) is 30.8 Å². The van der Waals surface area contributed by atoms with Gasteiger partial charge in [-0.15, -0.1) is 0 Å². The zero-order chi connectivity index (χ0) is 18.6. The number of hydrogen-bond donors (Lipinski definition) is 2. The van der Waals surface area contributed by atoms with Crippen LogP contribution in [-0.2, 0) is 14.8 Å². The molecule has 1 unspecified atom stereocenters. The summed E-state index contributed by atoms with van der Waals surface area (Å²) in [5.74, 6) is -0.412. The number of benzene rings is 2. The monoisotopic (exact) mass is 444 g/mol. The van der Waals surface area contributed by atoms with Crippen molar-refractivity contribution in [2.75, 3.05) is 0 Å². The highest BCUT2D eigenvalue weighted by Crippen LogP contribution is 2.18. The van der Waals surface area contributed by atoms with E-state index in [1.807, 2.05) is 31.2 Å². The first kappa shape index (κ1) is 19.9. The van der Waals surface area contributed by atoms with Gasteiger partial charge in [0.1, 0.15) is 0 Å². The molecule has 0 heterocycles. The van der Waals surface area contributed by atoms with Gasteiger partial charge in [-0.1, -0.05) is 39.7 Å². The minimum Gasteiger partial charge on any atom is -0.348 e. The Morgan fingerprint density at radius 2 is 1.76 bits per heavy atom. The lowest BCUT2D eigenvalue weighted by Gasteiger charge is -2.19. The maximum Gasteiger partial charge on any atom is 0.241 e. The van der Waals surface area contributed by atoms with Crippen LogP contribution in [0.5, 0.6) is 0 Å². The lowest BCUT2D eigenvalue weighted by molar-refractivity contribution is -0.123. The average molecular weight is 446 g/mol. The van der Waals surface area contributed by atoms with Gasteiger partial charge < -0.3 is 5.32 Å². The van der Waals surface area contributed by atoms with E-state index >= 15 is 0 Å². The van der Waals surface area contributed by atoms with Crippen LogP contribution in [-0.4, -0.2) is 20.4 Å². The Morgan fingerprint density at radius 3 is 2.36 bits per heavy atom. The summed E-state index contributed by atoms with van der Waals surface area (Å²) in [6.07, 6.45) is 0. The summed E-state index contributed by atoms with van der Waals surface area (Å²) in [6.45, 7) is 3.33. The fourth-order valence-electron chi connectivity index (χ4n) is 2.17. The first-order valence-electron chi connectivity index (χ1n) is 7.53. The van der Waals surface area contributed by atoms with E-state index in [4.69, 9.17) is 11.6 Å². The molecule has 0 aromatic heterocycles. The highest BCUT2D eigenvalue weighted by molar-refractivity contribution is 9.10.